The lowest BCUT2D eigenvalue weighted by molar-refractivity contribution is -0.274. The molecule has 0 aromatic heterocycles. The molecule has 0 heterocycles. The van der Waals surface area contributed by atoms with Crippen LogP contribution in [0.3, 0.4) is 0 Å². The van der Waals surface area contributed by atoms with Crippen molar-refractivity contribution in [2.75, 3.05) is 0 Å². The summed E-state index contributed by atoms with van der Waals surface area (Å²) < 4.78 is 40.9. The van der Waals surface area contributed by atoms with Crippen LogP contribution in [0.1, 0.15) is 36.8 Å². The third kappa shape index (κ3) is 4.18. The molecule has 3 nitrogen and oxygen atoms in total. The third-order valence-electron chi connectivity index (χ3n) is 4.80. The van der Waals surface area contributed by atoms with E-state index in [0.29, 0.717) is 5.56 Å². The Bertz CT molecular complexity index is 753. The van der Waals surface area contributed by atoms with Crippen LogP contribution in [0.2, 0.25) is 0 Å². The zero-order valence-corrected chi connectivity index (χ0v) is 14.2. The van der Waals surface area contributed by atoms with Gasteiger partial charge < -0.3 is 10.1 Å². The standard InChI is InChI=1S/C20H20F3NO2/c21-20(22,23)26-17-10-6-7-15(13-17)14-24-18(25)19(11-4-5-12-19)16-8-2-1-3-9-16/h1-3,6-10,13H,4-5,11-12,14H2,(H,24,25). The molecule has 0 bridgehead atoms. The van der Waals surface area contributed by atoms with Crippen molar-refractivity contribution in [3.8, 4) is 5.75 Å². The first-order valence-electron chi connectivity index (χ1n) is 8.58. The van der Waals surface area contributed by atoms with Gasteiger partial charge in [0, 0.05) is 6.54 Å². The van der Waals surface area contributed by atoms with Crippen LogP contribution in [0.25, 0.3) is 0 Å². The number of rotatable bonds is 5. The van der Waals surface area contributed by atoms with E-state index in [9.17, 15) is 18.0 Å². The van der Waals surface area contributed by atoms with Crippen molar-refractivity contribution in [1.29, 1.82) is 0 Å². The highest BCUT2D eigenvalue weighted by Gasteiger charge is 2.42. The maximum absolute atomic E-state index is 12.9. The van der Waals surface area contributed by atoms with Gasteiger partial charge in [-0.05, 0) is 36.1 Å². The molecule has 1 aliphatic carbocycles. The second-order valence-corrected chi connectivity index (χ2v) is 6.53. The number of alkyl halides is 3. The lowest BCUT2D eigenvalue weighted by atomic mass is 9.78. The minimum absolute atomic E-state index is 0.0802. The van der Waals surface area contributed by atoms with Gasteiger partial charge in [0.2, 0.25) is 5.91 Å². The van der Waals surface area contributed by atoms with Crippen molar-refractivity contribution in [2.45, 2.75) is 44.0 Å². The Morgan fingerprint density at radius 1 is 1.04 bits per heavy atom. The normalized spacial score (nSPS) is 16.3. The molecule has 2 aromatic rings. The molecule has 138 valence electrons. The SMILES string of the molecule is O=C(NCc1cccc(OC(F)(F)F)c1)C1(c2ccccc2)CCCC1. The minimum Gasteiger partial charge on any atom is -0.406 e. The Morgan fingerprint density at radius 3 is 2.38 bits per heavy atom. The van der Waals surface area contributed by atoms with E-state index in [2.05, 4.69) is 10.1 Å². The average molecular weight is 363 g/mol. The number of nitrogens with one attached hydrogen (secondary N) is 1. The van der Waals surface area contributed by atoms with Crippen LogP contribution in [0.15, 0.2) is 54.6 Å². The molecule has 0 atom stereocenters. The molecule has 0 aliphatic heterocycles. The van der Waals surface area contributed by atoms with Crippen molar-refractivity contribution in [3.63, 3.8) is 0 Å². The molecule has 1 aliphatic rings. The molecule has 1 N–H and O–H groups in total. The Kier molecular flexibility index (Phi) is 5.20. The topological polar surface area (TPSA) is 38.3 Å². The summed E-state index contributed by atoms with van der Waals surface area (Å²) in [6, 6.07) is 15.3. The number of benzene rings is 2. The van der Waals surface area contributed by atoms with Gasteiger partial charge in [0.05, 0.1) is 5.41 Å². The highest BCUT2D eigenvalue weighted by atomic mass is 19.4. The summed E-state index contributed by atoms with van der Waals surface area (Å²) >= 11 is 0. The summed E-state index contributed by atoms with van der Waals surface area (Å²) in [7, 11) is 0. The van der Waals surface area contributed by atoms with Gasteiger partial charge in [-0.1, -0.05) is 55.3 Å². The van der Waals surface area contributed by atoms with Crippen LogP contribution >= 0.6 is 0 Å². The zero-order chi connectivity index (χ0) is 18.6. The fraction of sp³-hybridized carbons (Fsp3) is 0.350. The maximum Gasteiger partial charge on any atom is 0.573 e. The van der Waals surface area contributed by atoms with Gasteiger partial charge >= 0.3 is 6.36 Å². The number of halogens is 3. The number of carbonyl (C=O) groups is 1. The van der Waals surface area contributed by atoms with Crippen molar-refractivity contribution < 1.29 is 22.7 Å². The van der Waals surface area contributed by atoms with Crippen LogP contribution in [-0.4, -0.2) is 12.3 Å². The summed E-state index contributed by atoms with van der Waals surface area (Å²) in [6.45, 7) is 0.155. The van der Waals surface area contributed by atoms with Crippen LogP contribution in [-0.2, 0) is 16.8 Å². The molecule has 0 unspecified atom stereocenters. The minimum atomic E-state index is -4.73. The largest absolute Gasteiger partial charge is 0.573 e. The predicted octanol–water partition coefficient (Wildman–Crippen LogP) is 4.71. The second kappa shape index (κ2) is 7.40. The summed E-state index contributed by atoms with van der Waals surface area (Å²) in [5.41, 5.74) is 0.992. The number of carbonyl (C=O) groups excluding carboxylic acids is 1. The summed E-state index contributed by atoms with van der Waals surface area (Å²) in [5.74, 6) is -0.369. The Labute approximate surface area is 150 Å². The molecule has 0 spiro atoms. The molecule has 26 heavy (non-hydrogen) atoms. The Balaban J connectivity index is 1.71. The smallest absolute Gasteiger partial charge is 0.406 e. The molecular weight excluding hydrogens is 343 g/mol. The highest BCUT2D eigenvalue weighted by molar-refractivity contribution is 5.88. The first kappa shape index (κ1) is 18.3. The van der Waals surface area contributed by atoms with Gasteiger partial charge in [-0.25, -0.2) is 0 Å². The van der Waals surface area contributed by atoms with Gasteiger partial charge in [-0.3, -0.25) is 4.79 Å². The molecule has 3 rings (SSSR count). The summed E-state index contributed by atoms with van der Waals surface area (Å²) in [5, 5.41) is 2.89. The second-order valence-electron chi connectivity index (χ2n) is 6.53. The number of hydrogen-bond donors (Lipinski definition) is 1. The first-order chi connectivity index (χ1) is 12.4. The van der Waals surface area contributed by atoms with Gasteiger partial charge in [0.15, 0.2) is 0 Å². The van der Waals surface area contributed by atoms with E-state index in [4.69, 9.17) is 0 Å². The Hall–Kier alpha value is -2.50. The van der Waals surface area contributed by atoms with Gasteiger partial charge in [0.25, 0.3) is 0 Å². The zero-order valence-electron chi connectivity index (χ0n) is 14.2. The molecule has 2 aromatic carbocycles. The van der Waals surface area contributed by atoms with Crippen molar-refractivity contribution in [2.24, 2.45) is 0 Å². The van der Waals surface area contributed by atoms with Crippen molar-refractivity contribution in [1.82, 2.24) is 5.32 Å². The monoisotopic (exact) mass is 363 g/mol. The number of ether oxygens (including phenoxy) is 1. The van der Waals surface area contributed by atoms with Crippen LogP contribution < -0.4 is 10.1 Å². The molecule has 1 saturated carbocycles. The lowest BCUT2D eigenvalue weighted by Gasteiger charge is -2.28. The summed E-state index contributed by atoms with van der Waals surface area (Å²) in [6.07, 6.45) is -1.21. The summed E-state index contributed by atoms with van der Waals surface area (Å²) in [4.78, 5) is 12.9. The maximum atomic E-state index is 12.9. The van der Waals surface area contributed by atoms with E-state index in [1.165, 1.54) is 18.2 Å². The van der Waals surface area contributed by atoms with Gasteiger partial charge in [-0.2, -0.15) is 0 Å². The molecule has 1 amide bonds. The molecule has 1 fully saturated rings. The van der Waals surface area contributed by atoms with Crippen molar-refractivity contribution >= 4 is 5.91 Å². The van der Waals surface area contributed by atoms with Crippen molar-refractivity contribution in [3.05, 3.63) is 65.7 Å². The highest BCUT2D eigenvalue weighted by Crippen LogP contribution is 2.41. The fourth-order valence-electron chi connectivity index (χ4n) is 3.59. The van der Waals surface area contributed by atoms with Crippen LogP contribution in [0.4, 0.5) is 13.2 Å². The quantitative estimate of drug-likeness (QED) is 0.835. The Morgan fingerprint density at radius 2 is 1.73 bits per heavy atom. The lowest BCUT2D eigenvalue weighted by Crippen LogP contribution is -2.42. The fourth-order valence-corrected chi connectivity index (χ4v) is 3.59. The van der Waals surface area contributed by atoms with Gasteiger partial charge in [-0.15, -0.1) is 13.2 Å². The van der Waals surface area contributed by atoms with E-state index in [1.54, 1.807) is 6.07 Å². The molecule has 0 radical (unpaired) electrons. The van der Waals surface area contributed by atoms with E-state index < -0.39 is 11.8 Å². The molecular formula is C20H20F3NO2. The first-order valence-corrected chi connectivity index (χ1v) is 8.58. The number of hydrogen-bond acceptors (Lipinski definition) is 2. The van der Waals surface area contributed by atoms with E-state index in [1.807, 2.05) is 30.3 Å². The predicted molar refractivity (Wildman–Crippen MR) is 91.6 cm³/mol. The molecule has 0 saturated heterocycles. The third-order valence-corrected chi connectivity index (χ3v) is 4.80. The van der Waals surface area contributed by atoms with Gasteiger partial charge in [0.1, 0.15) is 5.75 Å². The van der Waals surface area contributed by atoms with Crippen LogP contribution in [0, 0.1) is 0 Å². The van der Waals surface area contributed by atoms with E-state index in [-0.39, 0.29) is 18.2 Å². The average Bonchev–Trinajstić information content (AvgIpc) is 3.10. The number of amides is 1. The van der Waals surface area contributed by atoms with E-state index >= 15 is 0 Å². The van der Waals surface area contributed by atoms with Crippen LogP contribution in [0.5, 0.6) is 5.75 Å². The molecule has 6 heteroatoms. The van der Waals surface area contributed by atoms with E-state index in [0.717, 1.165) is 31.2 Å².